The third-order valence-corrected chi connectivity index (χ3v) is 4.14. The Kier molecular flexibility index (Phi) is 6.61. The molecule has 0 aromatic heterocycles. The standard InChI is InChI=1S/C20H23N3O4/c1-4-10-27-20(25)17-16(14-9-7-6-8-13(14)11-21)15(19(24)26-5-2)12(3)23-18(17)22/h6-9,16,23H,4-5,10,22H2,1-3H3. The zero-order valence-electron chi connectivity index (χ0n) is 15.7. The quantitative estimate of drug-likeness (QED) is 0.739. The van der Waals surface area contributed by atoms with Gasteiger partial charge in [-0.2, -0.15) is 5.26 Å². The van der Waals surface area contributed by atoms with Crippen molar-refractivity contribution in [1.82, 2.24) is 5.32 Å². The van der Waals surface area contributed by atoms with E-state index in [1.54, 1.807) is 38.1 Å². The third kappa shape index (κ3) is 4.11. The van der Waals surface area contributed by atoms with Gasteiger partial charge in [0.15, 0.2) is 0 Å². The number of carbonyl (C=O) groups excluding carboxylic acids is 2. The average Bonchev–Trinajstić information content (AvgIpc) is 2.65. The molecule has 0 radical (unpaired) electrons. The number of ether oxygens (including phenoxy) is 2. The van der Waals surface area contributed by atoms with E-state index in [4.69, 9.17) is 15.2 Å². The van der Waals surface area contributed by atoms with Crippen molar-refractivity contribution >= 4 is 11.9 Å². The summed E-state index contributed by atoms with van der Waals surface area (Å²) in [5, 5.41) is 12.4. The van der Waals surface area contributed by atoms with Crippen LogP contribution in [-0.4, -0.2) is 25.2 Å². The van der Waals surface area contributed by atoms with Crippen molar-refractivity contribution in [2.75, 3.05) is 13.2 Å². The van der Waals surface area contributed by atoms with Crippen LogP contribution in [0, 0.1) is 11.3 Å². The molecule has 0 fully saturated rings. The number of carbonyl (C=O) groups is 2. The Labute approximate surface area is 158 Å². The molecule has 1 unspecified atom stereocenters. The van der Waals surface area contributed by atoms with Crippen molar-refractivity contribution in [2.45, 2.75) is 33.1 Å². The summed E-state index contributed by atoms with van der Waals surface area (Å²) in [6.07, 6.45) is 0.644. The highest BCUT2D eigenvalue weighted by Crippen LogP contribution is 2.39. The molecule has 7 nitrogen and oxygen atoms in total. The van der Waals surface area contributed by atoms with Gasteiger partial charge in [0.05, 0.1) is 41.9 Å². The summed E-state index contributed by atoms with van der Waals surface area (Å²) in [6.45, 7) is 5.65. The van der Waals surface area contributed by atoms with Gasteiger partial charge in [0.25, 0.3) is 0 Å². The topological polar surface area (TPSA) is 114 Å². The SMILES string of the molecule is CCCOC(=O)C1=C(N)NC(C)=C(C(=O)OCC)C1c1ccccc1C#N. The van der Waals surface area contributed by atoms with E-state index in [0.29, 0.717) is 23.2 Å². The number of nitrogens with one attached hydrogen (secondary N) is 1. The maximum Gasteiger partial charge on any atom is 0.338 e. The predicted molar refractivity (Wildman–Crippen MR) is 98.8 cm³/mol. The summed E-state index contributed by atoms with van der Waals surface area (Å²) in [6, 6.07) is 8.88. The van der Waals surface area contributed by atoms with E-state index in [1.807, 2.05) is 6.92 Å². The molecular formula is C20H23N3O4. The molecular weight excluding hydrogens is 346 g/mol. The van der Waals surface area contributed by atoms with Gasteiger partial charge in [-0.05, 0) is 31.9 Å². The molecule has 1 heterocycles. The van der Waals surface area contributed by atoms with E-state index in [2.05, 4.69) is 11.4 Å². The van der Waals surface area contributed by atoms with Crippen LogP contribution in [0.25, 0.3) is 0 Å². The number of nitriles is 1. The normalized spacial score (nSPS) is 16.4. The third-order valence-electron chi connectivity index (χ3n) is 4.14. The Bertz CT molecular complexity index is 849. The minimum Gasteiger partial charge on any atom is -0.463 e. The highest BCUT2D eigenvalue weighted by molar-refractivity contribution is 6.00. The molecule has 1 aromatic rings. The van der Waals surface area contributed by atoms with Crippen LogP contribution in [-0.2, 0) is 19.1 Å². The zero-order chi connectivity index (χ0) is 20.0. The summed E-state index contributed by atoms with van der Waals surface area (Å²) in [7, 11) is 0. The number of rotatable bonds is 6. The van der Waals surface area contributed by atoms with Crippen LogP contribution < -0.4 is 11.1 Å². The predicted octanol–water partition coefficient (Wildman–Crippen LogP) is 2.21. The van der Waals surface area contributed by atoms with Gasteiger partial charge in [0.2, 0.25) is 0 Å². The van der Waals surface area contributed by atoms with Gasteiger partial charge < -0.3 is 20.5 Å². The number of nitrogens with zero attached hydrogens (tertiary/aromatic N) is 1. The van der Waals surface area contributed by atoms with Crippen molar-refractivity contribution in [1.29, 1.82) is 5.26 Å². The molecule has 3 N–H and O–H groups in total. The maximum absolute atomic E-state index is 12.7. The Morgan fingerprint density at radius 2 is 1.85 bits per heavy atom. The van der Waals surface area contributed by atoms with Crippen LogP contribution in [0.3, 0.4) is 0 Å². The lowest BCUT2D eigenvalue weighted by Gasteiger charge is -2.30. The van der Waals surface area contributed by atoms with Gasteiger partial charge in [0, 0.05) is 5.70 Å². The van der Waals surface area contributed by atoms with Crippen molar-refractivity contribution in [3.8, 4) is 6.07 Å². The fourth-order valence-electron chi connectivity index (χ4n) is 2.99. The zero-order valence-corrected chi connectivity index (χ0v) is 15.7. The first-order valence-corrected chi connectivity index (χ1v) is 8.76. The molecule has 2 rings (SSSR count). The molecule has 142 valence electrons. The van der Waals surface area contributed by atoms with Crippen molar-refractivity contribution in [2.24, 2.45) is 5.73 Å². The van der Waals surface area contributed by atoms with E-state index >= 15 is 0 Å². The summed E-state index contributed by atoms with van der Waals surface area (Å²) < 4.78 is 10.5. The number of nitrogens with two attached hydrogens (primary N) is 1. The van der Waals surface area contributed by atoms with E-state index in [9.17, 15) is 14.9 Å². The van der Waals surface area contributed by atoms with E-state index in [-0.39, 0.29) is 30.2 Å². The van der Waals surface area contributed by atoms with Gasteiger partial charge in [-0.25, -0.2) is 9.59 Å². The van der Waals surface area contributed by atoms with Gasteiger partial charge in [-0.15, -0.1) is 0 Å². The molecule has 1 aliphatic rings. The maximum atomic E-state index is 12.7. The number of benzene rings is 1. The van der Waals surface area contributed by atoms with Crippen LogP contribution in [0.5, 0.6) is 0 Å². The number of dihydropyridines is 1. The Morgan fingerprint density at radius 1 is 1.19 bits per heavy atom. The van der Waals surface area contributed by atoms with Gasteiger partial charge in [0.1, 0.15) is 5.82 Å². The Hall–Kier alpha value is -3.27. The molecule has 0 amide bonds. The second kappa shape index (κ2) is 8.90. The monoisotopic (exact) mass is 369 g/mol. The van der Waals surface area contributed by atoms with Crippen LogP contribution in [0.1, 0.15) is 44.2 Å². The largest absolute Gasteiger partial charge is 0.463 e. The number of hydrogen-bond donors (Lipinski definition) is 2. The summed E-state index contributed by atoms with van der Waals surface area (Å²) in [5.74, 6) is -1.97. The molecule has 1 aromatic carbocycles. The van der Waals surface area contributed by atoms with Gasteiger partial charge >= 0.3 is 11.9 Å². The number of esters is 2. The first kappa shape index (κ1) is 20.0. The smallest absolute Gasteiger partial charge is 0.338 e. The first-order valence-electron chi connectivity index (χ1n) is 8.76. The Balaban J connectivity index is 2.67. The number of allylic oxidation sites excluding steroid dienone is 1. The van der Waals surface area contributed by atoms with E-state index in [1.165, 1.54) is 0 Å². The van der Waals surface area contributed by atoms with Crippen LogP contribution in [0.2, 0.25) is 0 Å². The fourth-order valence-corrected chi connectivity index (χ4v) is 2.99. The van der Waals surface area contributed by atoms with Crippen LogP contribution in [0.4, 0.5) is 0 Å². The summed E-state index contributed by atoms with van der Waals surface area (Å²) >= 11 is 0. The summed E-state index contributed by atoms with van der Waals surface area (Å²) in [4.78, 5) is 25.4. The highest BCUT2D eigenvalue weighted by atomic mass is 16.5. The minimum absolute atomic E-state index is 0.0967. The van der Waals surface area contributed by atoms with E-state index in [0.717, 1.165) is 0 Å². The van der Waals surface area contributed by atoms with Crippen LogP contribution in [0.15, 0.2) is 46.9 Å². The van der Waals surface area contributed by atoms with Crippen molar-refractivity contribution < 1.29 is 19.1 Å². The lowest BCUT2D eigenvalue weighted by atomic mass is 9.79. The molecule has 7 heteroatoms. The Morgan fingerprint density at radius 3 is 2.48 bits per heavy atom. The molecule has 0 saturated heterocycles. The molecule has 1 aliphatic heterocycles. The van der Waals surface area contributed by atoms with Gasteiger partial charge in [-0.3, -0.25) is 0 Å². The molecule has 0 spiro atoms. The van der Waals surface area contributed by atoms with E-state index < -0.39 is 17.9 Å². The molecule has 0 aliphatic carbocycles. The molecule has 0 saturated carbocycles. The second-order valence-electron chi connectivity index (χ2n) is 5.98. The van der Waals surface area contributed by atoms with Crippen molar-refractivity contribution in [3.05, 3.63) is 58.1 Å². The fraction of sp³-hybridized carbons (Fsp3) is 0.350. The molecule has 0 bridgehead atoms. The average molecular weight is 369 g/mol. The molecule has 27 heavy (non-hydrogen) atoms. The second-order valence-corrected chi connectivity index (χ2v) is 5.98. The van der Waals surface area contributed by atoms with Gasteiger partial charge in [-0.1, -0.05) is 25.1 Å². The number of hydrogen-bond acceptors (Lipinski definition) is 7. The first-order chi connectivity index (χ1) is 13.0. The van der Waals surface area contributed by atoms with Crippen molar-refractivity contribution in [3.63, 3.8) is 0 Å². The van der Waals surface area contributed by atoms with Crippen LogP contribution >= 0.6 is 0 Å². The molecule has 1 atom stereocenters. The summed E-state index contributed by atoms with van der Waals surface area (Å²) in [5.41, 5.74) is 7.73. The lowest BCUT2D eigenvalue weighted by molar-refractivity contribution is -0.139. The minimum atomic E-state index is -0.856. The highest BCUT2D eigenvalue weighted by Gasteiger charge is 2.39. The lowest BCUT2D eigenvalue weighted by Crippen LogP contribution is -2.36.